The lowest BCUT2D eigenvalue weighted by molar-refractivity contribution is 1.32. The molecular weight excluding hydrogens is 653 g/mol. The average molecular weight is 687 g/mol. The van der Waals surface area contributed by atoms with Gasteiger partial charge >= 0.3 is 0 Å². The lowest BCUT2D eigenvalue weighted by Crippen LogP contribution is -1.91. The van der Waals surface area contributed by atoms with Crippen LogP contribution in [0.15, 0.2) is 207 Å². The summed E-state index contributed by atoms with van der Waals surface area (Å²) in [5.74, 6) is 0. The number of hydrogen-bond donors (Lipinski definition) is 0. The van der Waals surface area contributed by atoms with Gasteiger partial charge in [0.05, 0.1) is 0 Å². The van der Waals surface area contributed by atoms with Gasteiger partial charge in [-0.2, -0.15) is 0 Å². The first-order valence-corrected chi connectivity index (χ1v) is 18.4. The topological polar surface area (TPSA) is 25.8 Å². The molecule has 8 aromatic carbocycles. The van der Waals surface area contributed by atoms with Gasteiger partial charge in [0.1, 0.15) is 0 Å². The van der Waals surface area contributed by atoms with Gasteiger partial charge in [0.25, 0.3) is 0 Å². The third-order valence-corrected chi connectivity index (χ3v) is 10.6. The summed E-state index contributed by atoms with van der Waals surface area (Å²) in [7, 11) is 0. The molecule has 0 radical (unpaired) electrons. The summed E-state index contributed by atoms with van der Waals surface area (Å²) in [6.45, 7) is 0. The summed E-state index contributed by atoms with van der Waals surface area (Å²) in [5.41, 5.74) is 14.1. The highest BCUT2D eigenvalue weighted by Crippen LogP contribution is 2.45. The van der Waals surface area contributed by atoms with Crippen LogP contribution in [0.25, 0.3) is 99.1 Å². The first-order chi connectivity index (χ1) is 26.8. The van der Waals surface area contributed by atoms with Gasteiger partial charge in [-0.25, -0.2) is 0 Å². The van der Waals surface area contributed by atoms with E-state index in [1.165, 1.54) is 65.7 Å². The Balaban J connectivity index is 1.14. The van der Waals surface area contributed by atoms with E-state index in [4.69, 9.17) is 0 Å². The minimum atomic E-state index is 1.09. The van der Waals surface area contributed by atoms with Gasteiger partial charge in [-0.1, -0.05) is 133 Å². The molecule has 252 valence electrons. The zero-order valence-electron chi connectivity index (χ0n) is 29.5. The highest BCUT2D eigenvalue weighted by Gasteiger charge is 2.17. The molecule has 2 heteroatoms. The third-order valence-electron chi connectivity index (χ3n) is 10.6. The van der Waals surface area contributed by atoms with E-state index in [0.717, 1.165) is 33.4 Å². The third kappa shape index (κ3) is 5.62. The van der Waals surface area contributed by atoms with E-state index in [1.54, 1.807) is 0 Å². The Bertz CT molecular complexity index is 2910. The first-order valence-electron chi connectivity index (χ1n) is 18.4. The predicted molar refractivity (Wildman–Crippen MR) is 227 cm³/mol. The van der Waals surface area contributed by atoms with Crippen molar-refractivity contribution in [1.82, 2.24) is 9.97 Å². The van der Waals surface area contributed by atoms with Crippen LogP contribution in [0.4, 0.5) is 0 Å². The SMILES string of the molecule is c1ccc(-c2ccc(-c3cccc(-c4cccc(-c5cc(-c6ccncc6)cc(-c6cccnc6)c5)c4)c3)c3c4ccccc4c4ccccc4c23)cc1. The smallest absolute Gasteiger partial charge is 0.0346 e. The van der Waals surface area contributed by atoms with Crippen molar-refractivity contribution in [3.05, 3.63) is 207 Å². The maximum Gasteiger partial charge on any atom is 0.0346 e. The van der Waals surface area contributed by atoms with Crippen LogP contribution < -0.4 is 0 Å². The van der Waals surface area contributed by atoms with Crippen molar-refractivity contribution in [2.45, 2.75) is 0 Å². The zero-order valence-corrected chi connectivity index (χ0v) is 29.5. The fraction of sp³-hybridized carbons (Fsp3) is 0. The van der Waals surface area contributed by atoms with Crippen molar-refractivity contribution < 1.29 is 0 Å². The molecule has 2 aromatic heterocycles. The fourth-order valence-corrected chi connectivity index (χ4v) is 8.08. The molecule has 10 rings (SSSR count). The maximum absolute atomic E-state index is 4.41. The molecule has 0 aliphatic rings. The van der Waals surface area contributed by atoms with Crippen molar-refractivity contribution in [3.8, 4) is 66.8 Å². The number of pyridine rings is 2. The van der Waals surface area contributed by atoms with Crippen LogP contribution in [0, 0.1) is 0 Å². The van der Waals surface area contributed by atoms with Gasteiger partial charge in [0.2, 0.25) is 0 Å². The minimum Gasteiger partial charge on any atom is -0.265 e. The molecule has 0 fully saturated rings. The molecule has 0 N–H and O–H groups in total. The van der Waals surface area contributed by atoms with Crippen LogP contribution in [0.1, 0.15) is 0 Å². The number of fused-ring (bicyclic) bond motifs is 6. The second-order valence-electron chi connectivity index (χ2n) is 13.8. The summed E-state index contributed by atoms with van der Waals surface area (Å²) in [6.07, 6.45) is 7.45. The molecule has 0 unspecified atom stereocenters. The molecule has 54 heavy (non-hydrogen) atoms. The van der Waals surface area contributed by atoms with Crippen LogP contribution in [0.3, 0.4) is 0 Å². The minimum absolute atomic E-state index is 1.09. The molecule has 10 aromatic rings. The molecular formula is C52H34N2. The monoisotopic (exact) mass is 686 g/mol. The van der Waals surface area contributed by atoms with Crippen molar-refractivity contribution >= 4 is 32.3 Å². The van der Waals surface area contributed by atoms with Crippen molar-refractivity contribution in [1.29, 1.82) is 0 Å². The van der Waals surface area contributed by atoms with Crippen molar-refractivity contribution in [2.75, 3.05) is 0 Å². The lowest BCUT2D eigenvalue weighted by Gasteiger charge is -2.18. The fourth-order valence-electron chi connectivity index (χ4n) is 8.08. The first kappa shape index (κ1) is 31.6. The van der Waals surface area contributed by atoms with Crippen LogP contribution in [-0.2, 0) is 0 Å². The lowest BCUT2D eigenvalue weighted by atomic mass is 9.85. The average Bonchev–Trinajstić information content (AvgIpc) is 3.27. The maximum atomic E-state index is 4.41. The molecule has 0 bridgehead atoms. The van der Waals surface area contributed by atoms with Gasteiger partial charge in [0.15, 0.2) is 0 Å². The van der Waals surface area contributed by atoms with Gasteiger partial charge in [0, 0.05) is 30.4 Å². The van der Waals surface area contributed by atoms with Crippen molar-refractivity contribution in [2.24, 2.45) is 0 Å². The quantitative estimate of drug-likeness (QED) is 0.163. The largest absolute Gasteiger partial charge is 0.265 e. The van der Waals surface area contributed by atoms with Gasteiger partial charge < -0.3 is 0 Å². The standard InChI is InChI=1S/C52H34N2/c1-2-11-36(12-3-1)45-22-23-46(52-50-21-7-5-19-48(50)47-18-4-6-20-49(47)51(45)52)40-16-9-14-38(30-40)37-13-8-15-39(29-37)43-31-42(35-24-27-53-28-25-35)32-44(33-43)41-17-10-26-54-34-41/h1-34H. The number of rotatable bonds is 6. The number of hydrogen-bond acceptors (Lipinski definition) is 2. The van der Waals surface area contributed by atoms with Crippen LogP contribution in [0.2, 0.25) is 0 Å². The van der Waals surface area contributed by atoms with Crippen LogP contribution in [-0.4, -0.2) is 9.97 Å². The van der Waals surface area contributed by atoms with E-state index in [-0.39, 0.29) is 0 Å². The van der Waals surface area contributed by atoms with E-state index in [9.17, 15) is 0 Å². The van der Waals surface area contributed by atoms with Gasteiger partial charge in [-0.05, 0) is 142 Å². The Morgan fingerprint density at radius 2 is 0.685 bits per heavy atom. The Morgan fingerprint density at radius 3 is 1.30 bits per heavy atom. The Hall–Kier alpha value is -7.16. The second-order valence-corrected chi connectivity index (χ2v) is 13.8. The summed E-state index contributed by atoms with van der Waals surface area (Å²) < 4.78 is 0. The second kappa shape index (κ2) is 13.4. The molecule has 2 heterocycles. The van der Waals surface area contributed by atoms with Gasteiger partial charge in [-0.15, -0.1) is 0 Å². The normalized spacial score (nSPS) is 11.3. The molecule has 0 amide bonds. The number of aromatic nitrogens is 2. The molecule has 0 aliphatic carbocycles. The summed E-state index contributed by atoms with van der Waals surface area (Å²) in [5, 5.41) is 7.67. The number of nitrogens with zero attached hydrogens (tertiary/aromatic N) is 2. The summed E-state index contributed by atoms with van der Waals surface area (Å²) in [6, 6.07) is 66.1. The molecule has 0 atom stereocenters. The van der Waals surface area contributed by atoms with Crippen LogP contribution in [0.5, 0.6) is 0 Å². The van der Waals surface area contributed by atoms with Crippen LogP contribution >= 0.6 is 0 Å². The Kier molecular flexibility index (Phi) is 7.85. The molecule has 0 spiro atoms. The molecule has 0 saturated heterocycles. The van der Waals surface area contributed by atoms with E-state index in [1.807, 2.05) is 30.9 Å². The predicted octanol–water partition coefficient (Wildman–Crippen LogP) is 13.9. The number of benzene rings is 8. The van der Waals surface area contributed by atoms with E-state index >= 15 is 0 Å². The molecule has 2 nitrogen and oxygen atoms in total. The highest BCUT2D eigenvalue weighted by atomic mass is 14.6. The van der Waals surface area contributed by atoms with E-state index in [2.05, 4.69) is 186 Å². The summed E-state index contributed by atoms with van der Waals surface area (Å²) >= 11 is 0. The van der Waals surface area contributed by atoms with E-state index < -0.39 is 0 Å². The Labute approximate surface area is 314 Å². The highest BCUT2D eigenvalue weighted by molar-refractivity contribution is 6.31. The van der Waals surface area contributed by atoms with Crippen molar-refractivity contribution in [3.63, 3.8) is 0 Å². The molecule has 0 saturated carbocycles. The Morgan fingerprint density at radius 1 is 0.241 bits per heavy atom. The molecule has 0 aliphatic heterocycles. The zero-order chi connectivity index (χ0) is 35.8. The summed E-state index contributed by atoms with van der Waals surface area (Å²) in [4.78, 5) is 8.67. The van der Waals surface area contributed by atoms with Gasteiger partial charge in [-0.3, -0.25) is 9.97 Å². The van der Waals surface area contributed by atoms with E-state index in [0.29, 0.717) is 0 Å².